The van der Waals surface area contributed by atoms with Gasteiger partial charge in [-0.15, -0.1) is 0 Å². The van der Waals surface area contributed by atoms with E-state index in [0.29, 0.717) is 36.1 Å². The summed E-state index contributed by atoms with van der Waals surface area (Å²) in [6.45, 7) is 5.87. The van der Waals surface area contributed by atoms with Crippen LogP contribution in [0.1, 0.15) is 37.3 Å². The summed E-state index contributed by atoms with van der Waals surface area (Å²) in [6.07, 6.45) is 3.92. The Balaban J connectivity index is 1.89. The van der Waals surface area contributed by atoms with Crippen LogP contribution in [0.5, 0.6) is 0 Å². The van der Waals surface area contributed by atoms with Crippen LogP contribution < -0.4 is 10.2 Å². The fourth-order valence-electron chi connectivity index (χ4n) is 3.60. The molecule has 1 aliphatic rings. The number of anilines is 1. The summed E-state index contributed by atoms with van der Waals surface area (Å²) in [5.74, 6) is -0.231. The van der Waals surface area contributed by atoms with Gasteiger partial charge in [0.25, 0.3) is 0 Å². The molecule has 3 rings (SSSR count). The number of hydrogen-bond acceptors (Lipinski definition) is 4. The minimum atomic E-state index is -0.332. The van der Waals surface area contributed by atoms with Crippen LogP contribution >= 0.6 is 0 Å². The molecule has 2 heterocycles. The smallest absolute Gasteiger partial charge is 0.223 e. The summed E-state index contributed by atoms with van der Waals surface area (Å²) < 4.78 is 14.0. The Labute approximate surface area is 152 Å². The highest BCUT2D eigenvalue weighted by molar-refractivity contribution is 5.96. The maximum absolute atomic E-state index is 14.0. The summed E-state index contributed by atoms with van der Waals surface area (Å²) in [5.41, 5.74) is 2.63. The van der Waals surface area contributed by atoms with Crippen LogP contribution in [0.4, 0.5) is 10.1 Å². The molecule has 1 fully saturated rings. The Hall–Kier alpha value is -2.68. The summed E-state index contributed by atoms with van der Waals surface area (Å²) in [5, 5.41) is 13.1. The Bertz CT molecular complexity index is 866. The summed E-state index contributed by atoms with van der Waals surface area (Å²) >= 11 is 0. The van der Waals surface area contributed by atoms with E-state index in [4.69, 9.17) is 0 Å². The average molecular weight is 354 g/mol. The average Bonchev–Trinajstić information content (AvgIpc) is 2.65. The highest BCUT2D eigenvalue weighted by Gasteiger charge is 2.27. The molecule has 1 aliphatic heterocycles. The van der Waals surface area contributed by atoms with Crippen molar-refractivity contribution in [2.75, 3.05) is 24.5 Å². The van der Waals surface area contributed by atoms with Gasteiger partial charge in [0, 0.05) is 37.1 Å². The number of pyridine rings is 1. The van der Waals surface area contributed by atoms with Crippen molar-refractivity contribution in [3.63, 3.8) is 0 Å². The minimum Gasteiger partial charge on any atom is -0.370 e. The lowest BCUT2D eigenvalue weighted by Gasteiger charge is -2.34. The van der Waals surface area contributed by atoms with Crippen molar-refractivity contribution >= 4 is 22.5 Å². The van der Waals surface area contributed by atoms with Gasteiger partial charge in [-0.1, -0.05) is 6.92 Å². The molecular weight excluding hydrogens is 331 g/mol. The number of carbonyl (C=O) groups excluding carboxylic acids is 1. The third-order valence-electron chi connectivity index (χ3n) is 4.95. The van der Waals surface area contributed by atoms with Gasteiger partial charge in [-0.3, -0.25) is 9.78 Å². The number of nitriles is 1. The molecule has 2 aromatic rings. The number of nitrogens with one attached hydrogen (secondary N) is 1. The quantitative estimate of drug-likeness (QED) is 0.915. The number of fused-ring (bicyclic) bond motifs is 1. The topological polar surface area (TPSA) is 69.0 Å². The summed E-state index contributed by atoms with van der Waals surface area (Å²) in [7, 11) is 0. The SMILES string of the molecule is CCCNC(=O)C1CCN(c2c(C#N)cnc3c(C)cc(F)cc23)CC1. The number of aromatic nitrogens is 1. The predicted octanol–water partition coefficient (Wildman–Crippen LogP) is 3.30. The minimum absolute atomic E-state index is 0.00471. The number of benzene rings is 1. The molecule has 0 unspecified atom stereocenters. The first-order valence-electron chi connectivity index (χ1n) is 9.06. The molecule has 26 heavy (non-hydrogen) atoms. The molecule has 6 heteroatoms. The normalized spacial score (nSPS) is 15.1. The third kappa shape index (κ3) is 3.48. The van der Waals surface area contributed by atoms with Gasteiger partial charge in [-0.05, 0) is 43.9 Å². The van der Waals surface area contributed by atoms with Crippen molar-refractivity contribution in [1.82, 2.24) is 10.3 Å². The van der Waals surface area contributed by atoms with Crippen molar-refractivity contribution in [1.29, 1.82) is 5.26 Å². The van der Waals surface area contributed by atoms with E-state index in [1.54, 1.807) is 6.20 Å². The van der Waals surface area contributed by atoms with Gasteiger partial charge in [0.05, 0.1) is 16.8 Å². The molecule has 0 atom stereocenters. The van der Waals surface area contributed by atoms with E-state index in [-0.39, 0.29) is 17.6 Å². The molecule has 1 aromatic heterocycles. The molecule has 1 N–H and O–H groups in total. The molecule has 136 valence electrons. The van der Waals surface area contributed by atoms with Crippen LogP contribution in [0.25, 0.3) is 10.9 Å². The van der Waals surface area contributed by atoms with E-state index < -0.39 is 0 Å². The van der Waals surface area contributed by atoms with Gasteiger partial charge < -0.3 is 10.2 Å². The lowest BCUT2D eigenvalue weighted by molar-refractivity contribution is -0.125. The molecule has 1 amide bonds. The molecular formula is C20H23FN4O. The first-order valence-corrected chi connectivity index (χ1v) is 9.06. The van der Waals surface area contributed by atoms with Gasteiger partial charge in [0.1, 0.15) is 11.9 Å². The van der Waals surface area contributed by atoms with Crippen LogP contribution in [0.2, 0.25) is 0 Å². The molecule has 0 radical (unpaired) electrons. The maximum Gasteiger partial charge on any atom is 0.223 e. The van der Waals surface area contributed by atoms with Crippen LogP contribution in [0.3, 0.4) is 0 Å². The zero-order valence-electron chi connectivity index (χ0n) is 15.2. The molecule has 0 aliphatic carbocycles. The van der Waals surface area contributed by atoms with Crippen LogP contribution in [-0.2, 0) is 4.79 Å². The second-order valence-corrected chi connectivity index (χ2v) is 6.80. The molecule has 0 saturated carbocycles. The summed E-state index contributed by atoms with van der Waals surface area (Å²) in [4.78, 5) is 18.6. The lowest BCUT2D eigenvalue weighted by Crippen LogP contribution is -2.41. The van der Waals surface area contributed by atoms with E-state index in [2.05, 4.69) is 21.3 Å². The number of halogens is 1. The number of aryl methyl sites for hydroxylation is 1. The Morgan fingerprint density at radius 1 is 1.42 bits per heavy atom. The highest BCUT2D eigenvalue weighted by atomic mass is 19.1. The first-order chi connectivity index (χ1) is 12.5. The maximum atomic E-state index is 14.0. The van der Waals surface area contributed by atoms with Gasteiger partial charge in [-0.25, -0.2) is 4.39 Å². The number of carbonyl (C=O) groups is 1. The first kappa shape index (κ1) is 18.1. The van der Waals surface area contributed by atoms with Crippen molar-refractivity contribution < 1.29 is 9.18 Å². The second kappa shape index (κ2) is 7.69. The fourth-order valence-corrected chi connectivity index (χ4v) is 3.60. The van der Waals surface area contributed by atoms with E-state index >= 15 is 0 Å². The number of amides is 1. The Kier molecular flexibility index (Phi) is 5.36. The van der Waals surface area contributed by atoms with Crippen molar-refractivity contribution in [3.05, 3.63) is 35.3 Å². The lowest BCUT2D eigenvalue weighted by atomic mass is 9.94. The molecule has 0 spiro atoms. The fraction of sp³-hybridized carbons (Fsp3) is 0.450. The second-order valence-electron chi connectivity index (χ2n) is 6.80. The predicted molar refractivity (Wildman–Crippen MR) is 99.4 cm³/mol. The number of hydrogen-bond donors (Lipinski definition) is 1. The van der Waals surface area contributed by atoms with Crippen LogP contribution in [-0.4, -0.2) is 30.5 Å². The molecule has 5 nitrogen and oxygen atoms in total. The Morgan fingerprint density at radius 2 is 2.15 bits per heavy atom. The number of nitrogens with zero attached hydrogens (tertiary/aromatic N) is 3. The van der Waals surface area contributed by atoms with E-state index in [9.17, 15) is 14.4 Å². The van der Waals surface area contributed by atoms with Crippen LogP contribution in [0, 0.1) is 30.0 Å². The number of rotatable bonds is 4. The van der Waals surface area contributed by atoms with Crippen molar-refractivity contribution in [2.45, 2.75) is 33.1 Å². The van der Waals surface area contributed by atoms with E-state index in [1.807, 2.05) is 13.8 Å². The van der Waals surface area contributed by atoms with E-state index in [1.165, 1.54) is 12.1 Å². The monoisotopic (exact) mass is 354 g/mol. The summed E-state index contributed by atoms with van der Waals surface area (Å²) in [6, 6.07) is 5.08. The third-order valence-corrected chi connectivity index (χ3v) is 4.95. The molecule has 1 saturated heterocycles. The van der Waals surface area contributed by atoms with Gasteiger partial charge in [0.15, 0.2) is 0 Å². The van der Waals surface area contributed by atoms with Crippen molar-refractivity contribution in [2.24, 2.45) is 5.92 Å². The number of piperidine rings is 1. The highest BCUT2D eigenvalue weighted by Crippen LogP contribution is 2.34. The van der Waals surface area contributed by atoms with E-state index in [0.717, 1.165) is 30.5 Å². The van der Waals surface area contributed by atoms with Crippen LogP contribution in [0.15, 0.2) is 18.3 Å². The van der Waals surface area contributed by atoms with Gasteiger partial charge >= 0.3 is 0 Å². The zero-order valence-corrected chi connectivity index (χ0v) is 15.2. The Morgan fingerprint density at radius 3 is 2.81 bits per heavy atom. The van der Waals surface area contributed by atoms with Gasteiger partial charge in [-0.2, -0.15) is 5.26 Å². The largest absolute Gasteiger partial charge is 0.370 e. The van der Waals surface area contributed by atoms with Crippen molar-refractivity contribution in [3.8, 4) is 6.07 Å². The standard InChI is InChI=1S/C20H23FN4O/c1-3-6-23-20(26)14-4-7-25(8-5-14)19-15(11-22)12-24-18-13(2)9-16(21)10-17(18)19/h9-10,12,14H,3-8H2,1-2H3,(H,23,26). The zero-order chi connectivity index (χ0) is 18.7. The molecule has 1 aromatic carbocycles. The molecule has 0 bridgehead atoms. The van der Waals surface area contributed by atoms with Gasteiger partial charge in [0.2, 0.25) is 5.91 Å².